The molecule has 4 rings (SSSR count). The summed E-state index contributed by atoms with van der Waals surface area (Å²) < 4.78 is 1.72. The van der Waals surface area contributed by atoms with Crippen molar-refractivity contribution >= 4 is 10.9 Å². The Labute approximate surface area is 141 Å². The van der Waals surface area contributed by atoms with Crippen molar-refractivity contribution in [3.63, 3.8) is 0 Å². The average molecular weight is 325 g/mol. The van der Waals surface area contributed by atoms with E-state index in [1.54, 1.807) is 4.57 Å². The minimum Gasteiger partial charge on any atom is -0.385 e. The molecule has 0 bridgehead atoms. The number of aromatic nitrogens is 2. The molecule has 1 aromatic heterocycles. The van der Waals surface area contributed by atoms with Crippen molar-refractivity contribution in [2.24, 2.45) is 5.41 Å². The third-order valence-corrected chi connectivity index (χ3v) is 4.99. The summed E-state index contributed by atoms with van der Waals surface area (Å²) in [5.74, 6) is 0.471. The molecule has 5 heteroatoms. The summed E-state index contributed by atoms with van der Waals surface area (Å²) in [6.07, 6.45) is 4.49. The van der Waals surface area contributed by atoms with Gasteiger partial charge in [0, 0.05) is 6.54 Å². The summed E-state index contributed by atoms with van der Waals surface area (Å²) in [4.78, 5) is 20.1. The minimum absolute atomic E-state index is 0.0274. The first-order chi connectivity index (χ1) is 11.4. The normalized spacial score (nSPS) is 27.1. The fourth-order valence-electron chi connectivity index (χ4n) is 3.53. The summed E-state index contributed by atoms with van der Waals surface area (Å²) in [5.41, 5.74) is 0.187. The van der Waals surface area contributed by atoms with E-state index >= 15 is 0 Å². The number of fused-ring (bicyclic) bond motifs is 2. The summed E-state index contributed by atoms with van der Waals surface area (Å²) in [6.45, 7) is 6.83. The molecule has 2 unspecified atom stereocenters. The maximum Gasteiger partial charge on any atom is 0.262 e. The molecule has 1 fully saturated rings. The lowest BCUT2D eigenvalue weighted by Crippen LogP contribution is -2.32. The Bertz CT molecular complexity index is 878. The van der Waals surface area contributed by atoms with Gasteiger partial charge in [-0.25, -0.2) is 4.98 Å². The second kappa shape index (κ2) is 5.26. The van der Waals surface area contributed by atoms with Crippen molar-refractivity contribution in [1.29, 1.82) is 0 Å². The average Bonchev–Trinajstić information content (AvgIpc) is 3.27. The number of nitrogens with zero attached hydrogens (tertiary/aromatic N) is 3. The molecular formula is C19H23N3O2. The van der Waals surface area contributed by atoms with Gasteiger partial charge < -0.3 is 5.11 Å². The Morgan fingerprint density at radius 2 is 2.04 bits per heavy atom. The second-order valence-electron chi connectivity index (χ2n) is 7.79. The van der Waals surface area contributed by atoms with Gasteiger partial charge in [0.2, 0.25) is 0 Å². The largest absolute Gasteiger partial charge is 0.385 e. The van der Waals surface area contributed by atoms with Gasteiger partial charge in [-0.3, -0.25) is 14.3 Å². The Morgan fingerprint density at radius 3 is 2.71 bits per heavy atom. The quantitative estimate of drug-likeness (QED) is 0.681. The van der Waals surface area contributed by atoms with E-state index in [1.165, 1.54) is 0 Å². The summed E-state index contributed by atoms with van der Waals surface area (Å²) >= 11 is 0. The predicted molar refractivity (Wildman–Crippen MR) is 93.7 cm³/mol. The van der Waals surface area contributed by atoms with Crippen molar-refractivity contribution in [2.75, 3.05) is 6.54 Å². The van der Waals surface area contributed by atoms with Crippen LogP contribution in [0.25, 0.3) is 10.9 Å². The van der Waals surface area contributed by atoms with E-state index in [4.69, 9.17) is 0 Å². The lowest BCUT2D eigenvalue weighted by Gasteiger charge is -2.27. The summed E-state index contributed by atoms with van der Waals surface area (Å²) in [7, 11) is 0. The van der Waals surface area contributed by atoms with E-state index in [0.29, 0.717) is 16.7 Å². The Hall–Kier alpha value is -1.98. The molecule has 0 saturated carbocycles. The minimum atomic E-state index is -0.803. The van der Waals surface area contributed by atoms with Crippen molar-refractivity contribution < 1.29 is 5.11 Å². The number of rotatable bonds is 2. The molecule has 0 amide bonds. The first kappa shape index (κ1) is 15.5. The zero-order valence-corrected chi connectivity index (χ0v) is 14.3. The molecule has 3 heterocycles. The molecule has 2 aromatic rings. The lowest BCUT2D eigenvalue weighted by molar-refractivity contribution is 0.0498. The maximum atomic E-state index is 13.2. The van der Waals surface area contributed by atoms with Gasteiger partial charge in [0.15, 0.2) is 0 Å². The number of aliphatic hydroxyl groups excluding tert-OH is 1. The monoisotopic (exact) mass is 325 g/mol. The SMILES string of the molecule is CC(C)(C)[C@H](O)c1nc2ccccc2c(=O)n1C1[C@H]2C=CCCN12. The number of benzene rings is 1. The van der Waals surface area contributed by atoms with Crippen LogP contribution in [0.4, 0.5) is 0 Å². The third-order valence-electron chi connectivity index (χ3n) is 4.99. The topological polar surface area (TPSA) is 58.1 Å². The van der Waals surface area contributed by atoms with E-state index in [1.807, 2.05) is 45.0 Å². The number of hydrogen-bond donors (Lipinski definition) is 1. The van der Waals surface area contributed by atoms with Gasteiger partial charge in [0.25, 0.3) is 5.56 Å². The van der Waals surface area contributed by atoms with Crippen molar-refractivity contribution in [1.82, 2.24) is 14.5 Å². The molecule has 2 aliphatic heterocycles. The van der Waals surface area contributed by atoms with Gasteiger partial charge in [-0.1, -0.05) is 45.1 Å². The Kier molecular flexibility index (Phi) is 3.41. The van der Waals surface area contributed by atoms with Crippen molar-refractivity contribution in [3.05, 3.63) is 52.6 Å². The molecule has 126 valence electrons. The first-order valence-corrected chi connectivity index (χ1v) is 8.51. The molecule has 5 nitrogen and oxygen atoms in total. The summed E-state index contributed by atoms with van der Waals surface area (Å²) in [5, 5.41) is 11.5. The van der Waals surface area contributed by atoms with Crippen LogP contribution in [-0.2, 0) is 0 Å². The van der Waals surface area contributed by atoms with Crippen molar-refractivity contribution in [3.8, 4) is 0 Å². The van der Waals surface area contributed by atoms with Gasteiger partial charge >= 0.3 is 0 Å². The number of aliphatic hydroxyl groups is 1. The van der Waals surface area contributed by atoms with Gasteiger partial charge in [-0.15, -0.1) is 0 Å². The van der Waals surface area contributed by atoms with E-state index < -0.39 is 11.5 Å². The second-order valence-corrected chi connectivity index (χ2v) is 7.79. The van der Waals surface area contributed by atoms with E-state index in [-0.39, 0.29) is 17.8 Å². The van der Waals surface area contributed by atoms with Gasteiger partial charge in [0.05, 0.1) is 16.9 Å². The summed E-state index contributed by atoms with van der Waals surface area (Å²) in [6, 6.07) is 7.61. The van der Waals surface area contributed by atoms with Crippen LogP contribution in [0.1, 0.15) is 45.3 Å². The first-order valence-electron chi connectivity index (χ1n) is 8.51. The van der Waals surface area contributed by atoms with Crippen LogP contribution < -0.4 is 5.56 Å². The van der Waals surface area contributed by atoms with E-state index in [9.17, 15) is 9.90 Å². The molecule has 0 aliphatic carbocycles. The predicted octanol–water partition coefficient (Wildman–Crippen LogP) is 2.62. The smallest absolute Gasteiger partial charge is 0.262 e. The number of para-hydroxylation sites is 1. The highest BCUT2D eigenvalue weighted by Gasteiger charge is 2.50. The molecule has 0 spiro atoms. The fraction of sp³-hybridized carbons (Fsp3) is 0.474. The van der Waals surface area contributed by atoms with Crippen LogP contribution >= 0.6 is 0 Å². The highest BCUT2D eigenvalue weighted by molar-refractivity contribution is 5.77. The molecule has 1 N–H and O–H groups in total. The van der Waals surface area contributed by atoms with Gasteiger partial charge in [0.1, 0.15) is 18.1 Å². The Morgan fingerprint density at radius 1 is 1.29 bits per heavy atom. The van der Waals surface area contributed by atoms with Crippen LogP contribution in [-0.4, -0.2) is 32.1 Å². The maximum absolute atomic E-state index is 13.2. The molecule has 0 radical (unpaired) electrons. The fourth-order valence-corrected chi connectivity index (χ4v) is 3.53. The van der Waals surface area contributed by atoms with Crippen LogP contribution in [0.2, 0.25) is 0 Å². The molecule has 1 saturated heterocycles. The highest BCUT2D eigenvalue weighted by atomic mass is 16.3. The van der Waals surface area contributed by atoms with Crippen LogP contribution in [0, 0.1) is 5.41 Å². The Balaban J connectivity index is 1.94. The van der Waals surface area contributed by atoms with E-state index in [0.717, 1.165) is 13.0 Å². The molecule has 1 aromatic carbocycles. The highest BCUT2D eigenvalue weighted by Crippen LogP contribution is 2.43. The molecule has 2 aliphatic rings. The molecule has 4 atom stereocenters. The number of hydrogen-bond acceptors (Lipinski definition) is 4. The molecular weight excluding hydrogens is 302 g/mol. The third kappa shape index (κ3) is 2.31. The lowest BCUT2D eigenvalue weighted by atomic mass is 9.88. The van der Waals surface area contributed by atoms with Gasteiger partial charge in [-0.05, 0) is 24.0 Å². The van der Waals surface area contributed by atoms with E-state index in [2.05, 4.69) is 22.0 Å². The van der Waals surface area contributed by atoms with Crippen LogP contribution in [0.3, 0.4) is 0 Å². The van der Waals surface area contributed by atoms with Gasteiger partial charge in [-0.2, -0.15) is 0 Å². The zero-order valence-electron chi connectivity index (χ0n) is 14.3. The van der Waals surface area contributed by atoms with Crippen molar-refractivity contribution in [2.45, 2.75) is 45.5 Å². The molecule has 24 heavy (non-hydrogen) atoms. The van der Waals surface area contributed by atoms with Crippen LogP contribution in [0.5, 0.6) is 0 Å². The zero-order chi connectivity index (χ0) is 17.1. The standard InChI is InChI=1S/C19H23N3O2/c1-19(2,3)15(23)16-20-13-9-5-4-8-12(13)18(24)22(16)17-14-10-6-7-11-21(14)17/h4-6,8-10,14-15,17,23H,7,11H2,1-3H3/t14-,15-,17?,21?/m1/s1. The van der Waals surface area contributed by atoms with Crippen LogP contribution in [0.15, 0.2) is 41.2 Å².